The number of rotatable bonds is 5. The summed E-state index contributed by atoms with van der Waals surface area (Å²) in [6.45, 7) is 4.43. The molecule has 1 aliphatic rings. The maximum absolute atomic E-state index is 13.6. The fourth-order valence-corrected chi connectivity index (χ4v) is 3.67. The number of carbonyl (C=O) groups is 2. The third-order valence-corrected chi connectivity index (χ3v) is 4.91. The first-order chi connectivity index (χ1) is 12.9. The molecule has 2 N–H and O–H groups in total. The molecule has 0 aliphatic carbocycles. The van der Waals surface area contributed by atoms with Gasteiger partial charge in [0.2, 0.25) is 0 Å². The van der Waals surface area contributed by atoms with Gasteiger partial charge in [-0.15, -0.1) is 0 Å². The zero-order valence-electron chi connectivity index (χ0n) is 15.1. The normalized spacial score (nSPS) is 13.3. The molecule has 1 aromatic heterocycles. The number of nitrogens with one attached hydrogen (secondary N) is 2. The van der Waals surface area contributed by atoms with Crippen LogP contribution in [0.5, 0.6) is 5.75 Å². The van der Waals surface area contributed by atoms with Crippen LogP contribution < -0.4 is 15.4 Å². The Kier molecular flexibility index (Phi) is 5.90. The first-order valence-electron chi connectivity index (χ1n) is 8.63. The summed E-state index contributed by atoms with van der Waals surface area (Å²) in [4.78, 5) is 31.2. The zero-order valence-corrected chi connectivity index (χ0v) is 15.9. The van der Waals surface area contributed by atoms with Gasteiger partial charge in [-0.05, 0) is 26.0 Å². The van der Waals surface area contributed by atoms with Gasteiger partial charge in [0.15, 0.2) is 23.3 Å². The molecule has 1 aromatic carbocycles. The van der Waals surface area contributed by atoms with Crippen LogP contribution in [0.15, 0.2) is 24.3 Å². The molecular formula is C18H21FN4O3S. The molecule has 144 valence electrons. The number of hydrogen-bond acceptors (Lipinski definition) is 5. The van der Waals surface area contributed by atoms with Gasteiger partial charge in [0.05, 0.1) is 12.2 Å². The van der Waals surface area contributed by atoms with Crippen LogP contribution in [0.25, 0.3) is 0 Å². The minimum Gasteiger partial charge on any atom is -0.481 e. The van der Waals surface area contributed by atoms with Gasteiger partial charge in [0.1, 0.15) is 0 Å². The summed E-state index contributed by atoms with van der Waals surface area (Å²) in [5.41, 5.74) is 0.888. The summed E-state index contributed by atoms with van der Waals surface area (Å²) >= 11 is 1.35. The number of hydrogen-bond donors (Lipinski definition) is 2. The summed E-state index contributed by atoms with van der Waals surface area (Å²) < 4.78 is 18.9. The van der Waals surface area contributed by atoms with E-state index in [1.807, 2.05) is 13.8 Å². The van der Waals surface area contributed by atoms with Crippen molar-refractivity contribution in [2.45, 2.75) is 32.9 Å². The number of amides is 3. The summed E-state index contributed by atoms with van der Waals surface area (Å²) in [5.74, 6) is -0.655. The van der Waals surface area contributed by atoms with Gasteiger partial charge in [-0.2, -0.15) is 0 Å². The molecule has 0 fully saturated rings. The Hall–Kier alpha value is -2.68. The van der Waals surface area contributed by atoms with Gasteiger partial charge in [-0.25, -0.2) is 14.2 Å². The molecule has 0 radical (unpaired) electrons. The Balaban J connectivity index is 1.56. The van der Waals surface area contributed by atoms with Crippen LogP contribution >= 0.6 is 11.3 Å². The molecule has 3 amide bonds. The Morgan fingerprint density at radius 1 is 1.37 bits per heavy atom. The third kappa shape index (κ3) is 4.94. The number of para-hydroxylation sites is 1. The Morgan fingerprint density at radius 3 is 2.89 bits per heavy atom. The monoisotopic (exact) mass is 392 g/mol. The molecule has 9 heteroatoms. The molecular weight excluding hydrogens is 371 g/mol. The van der Waals surface area contributed by atoms with Crippen LogP contribution in [-0.4, -0.2) is 41.0 Å². The van der Waals surface area contributed by atoms with Crippen molar-refractivity contribution in [1.82, 2.24) is 15.2 Å². The predicted octanol–water partition coefficient (Wildman–Crippen LogP) is 2.78. The highest BCUT2D eigenvalue weighted by atomic mass is 32.1. The highest BCUT2D eigenvalue weighted by Crippen LogP contribution is 2.28. The highest BCUT2D eigenvalue weighted by Gasteiger charge is 2.25. The van der Waals surface area contributed by atoms with Crippen molar-refractivity contribution in [3.8, 4) is 5.75 Å². The number of ether oxygens (including phenoxy) is 1. The Bertz CT molecular complexity index is 840. The smallest absolute Gasteiger partial charge is 0.321 e. The molecule has 0 atom stereocenters. The fraction of sp³-hybridized carbons (Fsp3) is 0.389. The number of aromatic nitrogens is 1. The molecule has 0 unspecified atom stereocenters. The second-order valence-corrected chi connectivity index (χ2v) is 7.51. The zero-order chi connectivity index (χ0) is 19.4. The molecule has 2 heterocycles. The van der Waals surface area contributed by atoms with Gasteiger partial charge in [-0.3, -0.25) is 10.1 Å². The van der Waals surface area contributed by atoms with Gasteiger partial charge in [0, 0.05) is 23.9 Å². The van der Waals surface area contributed by atoms with Crippen molar-refractivity contribution in [1.29, 1.82) is 0 Å². The number of fused-ring (bicyclic) bond motifs is 1. The van der Waals surface area contributed by atoms with Crippen LogP contribution in [0.4, 0.5) is 14.3 Å². The number of nitrogens with zero attached hydrogens (tertiary/aromatic N) is 2. The lowest BCUT2D eigenvalue weighted by Crippen LogP contribution is -2.38. The van der Waals surface area contributed by atoms with E-state index in [0.29, 0.717) is 24.6 Å². The minimum atomic E-state index is -0.496. The van der Waals surface area contributed by atoms with E-state index in [4.69, 9.17) is 4.74 Å². The van der Waals surface area contributed by atoms with E-state index in [0.717, 1.165) is 10.6 Å². The molecule has 2 aromatic rings. The quantitative estimate of drug-likeness (QED) is 0.820. The maximum atomic E-state index is 13.6. The lowest BCUT2D eigenvalue weighted by molar-refractivity contribution is -0.134. The number of benzene rings is 1. The van der Waals surface area contributed by atoms with Crippen LogP contribution in [0.3, 0.4) is 0 Å². The number of thiazole rings is 1. The summed E-state index contributed by atoms with van der Waals surface area (Å²) in [6.07, 6.45) is 0.602. The minimum absolute atomic E-state index is 0.0298. The first-order valence-corrected chi connectivity index (χ1v) is 9.45. The Labute approximate surface area is 160 Å². The summed E-state index contributed by atoms with van der Waals surface area (Å²) in [5, 5.41) is 5.96. The number of urea groups is 1. The lowest BCUT2D eigenvalue weighted by Gasteiger charge is -2.26. The van der Waals surface area contributed by atoms with Gasteiger partial charge in [-0.1, -0.05) is 23.5 Å². The largest absolute Gasteiger partial charge is 0.481 e. The SMILES string of the molecule is CC(C)NC(=O)Nc1nc2c(s1)CN(C(=O)COc1ccccc1F)CC2. The maximum Gasteiger partial charge on any atom is 0.321 e. The van der Waals surface area contributed by atoms with Crippen LogP contribution in [0.2, 0.25) is 0 Å². The van der Waals surface area contributed by atoms with E-state index >= 15 is 0 Å². The summed E-state index contributed by atoms with van der Waals surface area (Å²) in [6, 6.07) is 5.71. The Morgan fingerprint density at radius 2 is 2.15 bits per heavy atom. The van der Waals surface area contributed by atoms with Crippen LogP contribution in [0.1, 0.15) is 24.4 Å². The molecule has 0 bridgehead atoms. The van der Waals surface area contributed by atoms with Crippen molar-refractivity contribution in [3.63, 3.8) is 0 Å². The third-order valence-electron chi connectivity index (χ3n) is 3.91. The molecule has 0 saturated carbocycles. The van der Waals surface area contributed by atoms with E-state index in [9.17, 15) is 14.0 Å². The van der Waals surface area contributed by atoms with E-state index in [2.05, 4.69) is 15.6 Å². The van der Waals surface area contributed by atoms with Gasteiger partial charge < -0.3 is 15.0 Å². The second-order valence-electron chi connectivity index (χ2n) is 6.43. The van der Waals surface area contributed by atoms with Crippen LogP contribution in [-0.2, 0) is 17.8 Å². The van der Waals surface area contributed by atoms with Crippen LogP contribution in [0, 0.1) is 5.82 Å². The molecule has 0 spiro atoms. The highest BCUT2D eigenvalue weighted by molar-refractivity contribution is 7.15. The van der Waals surface area contributed by atoms with Crippen molar-refractivity contribution < 1.29 is 18.7 Å². The molecule has 1 aliphatic heterocycles. The summed E-state index contributed by atoms with van der Waals surface area (Å²) in [7, 11) is 0. The van der Waals surface area contributed by atoms with E-state index < -0.39 is 5.82 Å². The topological polar surface area (TPSA) is 83.6 Å². The van der Waals surface area contributed by atoms with Crippen molar-refractivity contribution in [3.05, 3.63) is 40.7 Å². The van der Waals surface area contributed by atoms with E-state index in [1.165, 1.54) is 23.5 Å². The van der Waals surface area contributed by atoms with E-state index in [1.54, 1.807) is 17.0 Å². The van der Waals surface area contributed by atoms with Crippen molar-refractivity contribution in [2.75, 3.05) is 18.5 Å². The number of carbonyl (C=O) groups excluding carboxylic acids is 2. The molecule has 0 saturated heterocycles. The van der Waals surface area contributed by atoms with Crippen molar-refractivity contribution in [2.24, 2.45) is 0 Å². The number of anilines is 1. The van der Waals surface area contributed by atoms with Gasteiger partial charge in [0.25, 0.3) is 5.91 Å². The lowest BCUT2D eigenvalue weighted by atomic mass is 10.2. The molecule has 7 nitrogen and oxygen atoms in total. The standard InChI is InChI=1S/C18H21FN4O3S/c1-11(2)20-17(25)22-18-21-13-7-8-23(9-15(13)27-18)16(24)10-26-14-6-4-3-5-12(14)19/h3-6,11H,7-10H2,1-2H3,(H2,20,21,22,25). The predicted molar refractivity (Wildman–Crippen MR) is 100 cm³/mol. The fourth-order valence-electron chi connectivity index (χ4n) is 2.65. The average Bonchev–Trinajstić information content (AvgIpc) is 3.01. The second kappa shape index (κ2) is 8.34. The van der Waals surface area contributed by atoms with Crippen molar-refractivity contribution >= 4 is 28.4 Å². The molecule has 27 heavy (non-hydrogen) atoms. The van der Waals surface area contributed by atoms with Gasteiger partial charge >= 0.3 is 6.03 Å². The number of halogens is 1. The van der Waals surface area contributed by atoms with E-state index in [-0.39, 0.29) is 30.3 Å². The molecule has 3 rings (SSSR count). The average molecular weight is 392 g/mol. The first kappa shape index (κ1) is 19.1.